The topological polar surface area (TPSA) is 38.7 Å². The first-order chi connectivity index (χ1) is 23.3. The molecule has 4 aromatic carbocycles. The van der Waals surface area contributed by atoms with Crippen molar-refractivity contribution in [2.45, 2.75) is 41.5 Å². The molecule has 0 radical (unpaired) electrons. The van der Waals surface area contributed by atoms with Gasteiger partial charge < -0.3 is 0 Å². The van der Waals surface area contributed by atoms with Gasteiger partial charge in [0.2, 0.25) is 0 Å². The average Bonchev–Trinajstić information content (AvgIpc) is 3.12. The summed E-state index contributed by atoms with van der Waals surface area (Å²) < 4.78 is 0. The SMILES string of the molecule is Cc1cncc(-c2cccc(-c3cc(-c4cccc(-c5cncc(C)c5C)c4)cc(-c4cccc(-c5cncc(C)c5C)c4)c3)c2)c1C. The van der Waals surface area contributed by atoms with Crippen LogP contribution in [0.4, 0.5) is 0 Å². The van der Waals surface area contributed by atoms with Gasteiger partial charge in [0.15, 0.2) is 0 Å². The third-order valence-corrected chi connectivity index (χ3v) is 9.86. The third kappa shape index (κ3) is 5.96. The Morgan fingerprint density at radius 3 is 0.833 bits per heavy atom. The lowest BCUT2D eigenvalue weighted by Gasteiger charge is -2.15. The van der Waals surface area contributed by atoms with Crippen molar-refractivity contribution in [1.82, 2.24) is 15.0 Å². The van der Waals surface area contributed by atoms with Crippen molar-refractivity contribution in [3.8, 4) is 66.8 Å². The molecule has 0 aliphatic carbocycles. The van der Waals surface area contributed by atoms with Gasteiger partial charge in [-0.05, 0) is 161 Å². The maximum absolute atomic E-state index is 4.51. The minimum absolute atomic E-state index is 1.16. The largest absolute Gasteiger partial charge is 0.264 e. The summed E-state index contributed by atoms with van der Waals surface area (Å²) in [6.07, 6.45) is 11.7. The van der Waals surface area contributed by atoms with Crippen LogP contribution in [0.2, 0.25) is 0 Å². The predicted molar refractivity (Wildman–Crippen MR) is 201 cm³/mol. The van der Waals surface area contributed by atoms with Crippen LogP contribution < -0.4 is 0 Å². The molecule has 0 bridgehead atoms. The molecule has 0 saturated heterocycles. The summed E-state index contributed by atoms with van der Waals surface area (Å²) in [5.41, 5.74) is 21.4. The van der Waals surface area contributed by atoms with Crippen LogP contribution >= 0.6 is 0 Å². The first-order valence-corrected chi connectivity index (χ1v) is 16.5. The second-order valence-corrected chi connectivity index (χ2v) is 12.9. The van der Waals surface area contributed by atoms with E-state index in [0.29, 0.717) is 0 Å². The van der Waals surface area contributed by atoms with Crippen molar-refractivity contribution in [3.05, 3.63) is 162 Å². The van der Waals surface area contributed by atoms with Crippen molar-refractivity contribution in [1.29, 1.82) is 0 Å². The molecule has 3 nitrogen and oxygen atoms in total. The number of hydrogen-bond donors (Lipinski definition) is 0. The molecular formula is C45H39N3. The van der Waals surface area contributed by atoms with Crippen molar-refractivity contribution in [3.63, 3.8) is 0 Å². The highest BCUT2D eigenvalue weighted by Gasteiger charge is 2.13. The highest BCUT2D eigenvalue weighted by Crippen LogP contribution is 2.38. The Balaban J connectivity index is 1.40. The average molecular weight is 622 g/mol. The molecule has 0 aliphatic heterocycles. The van der Waals surface area contributed by atoms with Gasteiger partial charge in [-0.1, -0.05) is 54.6 Å². The molecule has 0 saturated carbocycles. The van der Waals surface area contributed by atoms with E-state index >= 15 is 0 Å². The van der Waals surface area contributed by atoms with E-state index in [9.17, 15) is 0 Å². The third-order valence-electron chi connectivity index (χ3n) is 9.86. The molecule has 48 heavy (non-hydrogen) atoms. The van der Waals surface area contributed by atoms with E-state index in [4.69, 9.17) is 0 Å². The minimum Gasteiger partial charge on any atom is -0.264 e. The fourth-order valence-electron chi connectivity index (χ4n) is 6.49. The maximum atomic E-state index is 4.51. The molecule has 7 rings (SSSR count). The van der Waals surface area contributed by atoms with E-state index in [2.05, 4.69) is 147 Å². The lowest BCUT2D eigenvalue weighted by atomic mass is 9.89. The van der Waals surface area contributed by atoms with E-state index in [-0.39, 0.29) is 0 Å². The first kappa shape index (κ1) is 31.0. The fourth-order valence-corrected chi connectivity index (χ4v) is 6.49. The Morgan fingerprint density at radius 2 is 0.542 bits per heavy atom. The molecule has 3 heteroatoms. The fraction of sp³-hybridized carbons (Fsp3) is 0.133. The van der Waals surface area contributed by atoms with Gasteiger partial charge in [0, 0.05) is 53.9 Å². The molecule has 3 aromatic heterocycles. The van der Waals surface area contributed by atoms with Gasteiger partial charge >= 0.3 is 0 Å². The van der Waals surface area contributed by atoms with Crippen LogP contribution in [0.25, 0.3) is 66.8 Å². The van der Waals surface area contributed by atoms with E-state index < -0.39 is 0 Å². The summed E-state index contributed by atoms with van der Waals surface area (Å²) in [6.45, 7) is 12.9. The summed E-state index contributed by atoms with van der Waals surface area (Å²) in [5.74, 6) is 0. The summed E-state index contributed by atoms with van der Waals surface area (Å²) in [7, 11) is 0. The zero-order valence-corrected chi connectivity index (χ0v) is 28.5. The van der Waals surface area contributed by atoms with E-state index in [1.807, 2.05) is 37.2 Å². The molecule has 0 spiro atoms. The summed E-state index contributed by atoms with van der Waals surface area (Å²) in [5, 5.41) is 0. The Morgan fingerprint density at radius 1 is 0.292 bits per heavy atom. The number of nitrogens with zero attached hydrogens (tertiary/aromatic N) is 3. The van der Waals surface area contributed by atoms with Crippen LogP contribution in [0.3, 0.4) is 0 Å². The van der Waals surface area contributed by atoms with Crippen LogP contribution in [0.5, 0.6) is 0 Å². The van der Waals surface area contributed by atoms with E-state index in [0.717, 1.165) is 16.7 Å². The molecule has 234 valence electrons. The number of aryl methyl sites for hydroxylation is 3. The normalized spacial score (nSPS) is 11.1. The lowest BCUT2D eigenvalue weighted by molar-refractivity contribution is 1.22. The number of rotatable bonds is 6. The van der Waals surface area contributed by atoms with Crippen LogP contribution in [-0.4, -0.2) is 15.0 Å². The molecule has 7 aromatic rings. The summed E-state index contributed by atoms with van der Waals surface area (Å²) in [6, 6.07) is 33.5. The zero-order valence-electron chi connectivity index (χ0n) is 28.5. The molecule has 0 atom stereocenters. The summed E-state index contributed by atoms with van der Waals surface area (Å²) >= 11 is 0. The molecule has 0 amide bonds. The van der Waals surface area contributed by atoms with Gasteiger partial charge in [0.05, 0.1) is 0 Å². The van der Waals surface area contributed by atoms with Crippen LogP contribution in [0.1, 0.15) is 33.4 Å². The lowest BCUT2D eigenvalue weighted by Crippen LogP contribution is -1.92. The zero-order chi connectivity index (χ0) is 33.4. The minimum atomic E-state index is 1.16. The van der Waals surface area contributed by atoms with Crippen LogP contribution in [0.15, 0.2) is 128 Å². The number of pyridine rings is 3. The Bertz CT molecular complexity index is 2040. The molecule has 0 N–H and O–H groups in total. The van der Waals surface area contributed by atoms with Crippen molar-refractivity contribution >= 4 is 0 Å². The van der Waals surface area contributed by atoms with Gasteiger partial charge in [-0.15, -0.1) is 0 Å². The van der Waals surface area contributed by atoms with Crippen LogP contribution in [-0.2, 0) is 0 Å². The van der Waals surface area contributed by atoms with E-state index in [1.165, 1.54) is 83.5 Å². The smallest absolute Gasteiger partial charge is 0.0349 e. The van der Waals surface area contributed by atoms with Crippen molar-refractivity contribution in [2.75, 3.05) is 0 Å². The van der Waals surface area contributed by atoms with E-state index in [1.54, 1.807) is 0 Å². The Kier molecular flexibility index (Phi) is 8.29. The van der Waals surface area contributed by atoms with Crippen molar-refractivity contribution < 1.29 is 0 Å². The van der Waals surface area contributed by atoms with Gasteiger partial charge in [-0.3, -0.25) is 15.0 Å². The monoisotopic (exact) mass is 621 g/mol. The van der Waals surface area contributed by atoms with Gasteiger partial charge in [-0.2, -0.15) is 0 Å². The molecule has 3 heterocycles. The van der Waals surface area contributed by atoms with Gasteiger partial charge in [0.25, 0.3) is 0 Å². The molecule has 0 aliphatic rings. The molecule has 0 unspecified atom stereocenters. The second kappa shape index (κ2) is 12.8. The standard InChI is InChI=1S/C45H39N3/c1-28-22-46-25-43(31(28)4)37-13-7-10-34(16-37)40-19-41(35-11-8-14-38(17-35)44-26-47-23-29(2)32(44)5)21-42(20-40)36-12-9-15-39(18-36)45-27-48-24-30(3)33(45)6/h7-27H,1-6H3. The van der Waals surface area contributed by atoms with Crippen LogP contribution in [0, 0.1) is 41.5 Å². The molecule has 0 fully saturated rings. The molecular weight excluding hydrogens is 583 g/mol. The first-order valence-electron chi connectivity index (χ1n) is 16.5. The van der Waals surface area contributed by atoms with Crippen molar-refractivity contribution in [2.24, 2.45) is 0 Å². The van der Waals surface area contributed by atoms with Gasteiger partial charge in [0.1, 0.15) is 0 Å². The predicted octanol–water partition coefficient (Wildman–Crippen LogP) is 11.7. The second-order valence-electron chi connectivity index (χ2n) is 12.9. The van der Waals surface area contributed by atoms with Gasteiger partial charge in [-0.25, -0.2) is 0 Å². The summed E-state index contributed by atoms with van der Waals surface area (Å²) in [4.78, 5) is 13.5. The quantitative estimate of drug-likeness (QED) is 0.185. The Labute approximate surface area is 284 Å². The maximum Gasteiger partial charge on any atom is 0.0349 e. The highest BCUT2D eigenvalue weighted by atomic mass is 14.6. The number of hydrogen-bond acceptors (Lipinski definition) is 3. The highest BCUT2D eigenvalue weighted by molar-refractivity contribution is 5.86. The number of aromatic nitrogens is 3. The Hall–Kier alpha value is -5.67. The number of benzene rings is 4.